The normalized spacial score (nSPS) is 10.2. The Balaban J connectivity index is 1.96. The van der Waals surface area contributed by atoms with Gasteiger partial charge in [-0.25, -0.2) is 15.0 Å². The minimum atomic E-state index is -0.526. The third-order valence-corrected chi connectivity index (χ3v) is 3.20. The molecule has 0 aliphatic rings. The van der Waals surface area contributed by atoms with E-state index in [0.717, 1.165) is 5.56 Å². The molecule has 0 aliphatic heterocycles. The number of nitro groups is 1. The molecular weight excluding hydrogens is 308 g/mol. The van der Waals surface area contributed by atoms with Gasteiger partial charge in [0.2, 0.25) is 11.6 Å². The standard InChI is InChI=1S/C16H14N6O2/c1-11-7-8-13(17-9-11)21-16-14(22(23)24)15(18-10-19-16)20-12-5-3-2-4-6-12/h2-10H,1H3,(H2,17,18,19,20,21). The first-order chi connectivity index (χ1) is 11.6. The van der Waals surface area contributed by atoms with Crippen LogP contribution in [0.2, 0.25) is 0 Å². The largest absolute Gasteiger partial charge is 0.353 e. The van der Waals surface area contributed by atoms with Crippen molar-refractivity contribution in [2.45, 2.75) is 6.92 Å². The lowest BCUT2D eigenvalue weighted by Crippen LogP contribution is -2.06. The number of rotatable bonds is 5. The van der Waals surface area contributed by atoms with E-state index >= 15 is 0 Å². The minimum Gasteiger partial charge on any atom is -0.334 e. The van der Waals surface area contributed by atoms with Crippen LogP contribution in [0.1, 0.15) is 5.56 Å². The highest BCUT2D eigenvalue weighted by Gasteiger charge is 2.23. The van der Waals surface area contributed by atoms with Gasteiger partial charge in [-0.15, -0.1) is 0 Å². The summed E-state index contributed by atoms with van der Waals surface area (Å²) < 4.78 is 0. The number of pyridine rings is 1. The molecule has 24 heavy (non-hydrogen) atoms. The Morgan fingerprint density at radius 1 is 0.958 bits per heavy atom. The zero-order valence-corrected chi connectivity index (χ0v) is 12.8. The summed E-state index contributed by atoms with van der Waals surface area (Å²) in [5.41, 5.74) is 1.44. The number of benzene rings is 1. The molecule has 0 saturated heterocycles. The van der Waals surface area contributed by atoms with Crippen molar-refractivity contribution in [3.05, 3.63) is 70.7 Å². The summed E-state index contributed by atoms with van der Waals surface area (Å²) >= 11 is 0. The van der Waals surface area contributed by atoms with Gasteiger partial charge in [0.05, 0.1) is 4.92 Å². The van der Waals surface area contributed by atoms with Gasteiger partial charge in [-0.2, -0.15) is 0 Å². The van der Waals surface area contributed by atoms with Crippen LogP contribution in [0.3, 0.4) is 0 Å². The Morgan fingerprint density at radius 2 is 1.67 bits per heavy atom. The Labute approximate surface area is 137 Å². The lowest BCUT2D eigenvalue weighted by atomic mass is 10.3. The second kappa shape index (κ2) is 6.69. The smallest absolute Gasteiger partial charge is 0.334 e. The second-order valence-corrected chi connectivity index (χ2v) is 5.01. The Bertz CT molecular complexity index is 852. The van der Waals surface area contributed by atoms with E-state index in [2.05, 4.69) is 25.6 Å². The first-order valence-corrected chi connectivity index (χ1v) is 7.14. The van der Waals surface area contributed by atoms with Gasteiger partial charge in [0.25, 0.3) is 0 Å². The van der Waals surface area contributed by atoms with Gasteiger partial charge >= 0.3 is 5.69 Å². The molecule has 0 fully saturated rings. The van der Waals surface area contributed by atoms with E-state index in [9.17, 15) is 10.1 Å². The molecule has 1 aromatic carbocycles. The Hall–Kier alpha value is -3.55. The third kappa shape index (κ3) is 3.43. The number of hydrogen-bond acceptors (Lipinski definition) is 7. The summed E-state index contributed by atoms with van der Waals surface area (Å²) in [4.78, 5) is 23.1. The van der Waals surface area contributed by atoms with Crippen molar-refractivity contribution >= 4 is 28.8 Å². The van der Waals surface area contributed by atoms with Crippen LogP contribution in [0.5, 0.6) is 0 Å². The molecule has 8 heteroatoms. The van der Waals surface area contributed by atoms with Crippen molar-refractivity contribution in [1.82, 2.24) is 15.0 Å². The summed E-state index contributed by atoms with van der Waals surface area (Å²) in [6.45, 7) is 1.91. The zero-order valence-electron chi connectivity index (χ0n) is 12.8. The van der Waals surface area contributed by atoms with Gasteiger partial charge in [-0.3, -0.25) is 10.1 Å². The van der Waals surface area contributed by atoms with Gasteiger partial charge in [0, 0.05) is 11.9 Å². The molecule has 0 amide bonds. The van der Waals surface area contributed by atoms with Crippen LogP contribution in [-0.2, 0) is 0 Å². The third-order valence-electron chi connectivity index (χ3n) is 3.20. The predicted octanol–water partition coefficient (Wildman–Crippen LogP) is 3.58. The highest BCUT2D eigenvalue weighted by Crippen LogP contribution is 2.32. The Kier molecular flexibility index (Phi) is 4.28. The molecular formula is C16H14N6O2. The van der Waals surface area contributed by atoms with E-state index in [1.807, 2.05) is 31.2 Å². The fourth-order valence-electron chi connectivity index (χ4n) is 2.06. The van der Waals surface area contributed by atoms with Crippen LogP contribution in [0.15, 0.2) is 55.0 Å². The van der Waals surface area contributed by atoms with E-state index in [0.29, 0.717) is 11.5 Å². The van der Waals surface area contributed by atoms with Crippen LogP contribution in [0.25, 0.3) is 0 Å². The van der Waals surface area contributed by atoms with Gasteiger partial charge in [0.1, 0.15) is 12.1 Å². The lowest BCUT2D eigenvalue weighted by Gasteiger charge is -2.09. The molecule has 3 aromatic rings. The first kappa shape index (κ1) is 15.3. The zero-order chi connectivity index (χ0) is 16.9. The predicted molar refractivity (Wildman–Crippen MR) is 90.7 cm³/mol. The van der Waals surface area contributed by atoms with E-state index in [-0.39, 0.29) is 17.3 Å². The van der Waals surface area contributed by atoms with Crippen LogP contribution in [-0.4, -0.2) is 19.9 Å². The number of nitrogens with zero attached hydrogens (tertiary/aromatic N) is 4. The SMILES string of the molecule is Cc1ccc(Nc2ncnc(Nc3ccccc3)c2[N+](=O)[O-])nc1. The number of aryl methyl sites for hydroxylation is 1. The first-order valence-electron chi connectivity index (χ1n) is 7.14. The molecule has 0 saturated carbocycles. The molecule has 2 heterocycles. The maximum atomic E-state index is 11.5. The fourth-order valence-corrected chi connectivity index (χ4v) is 2.06. The van der Waals surface area contributed by atoms with E-state index < -0.39 is 4.92 Å². The van der Waals surface area contributed by atoms with Crippen molar-refractivity contribution in [2.75, 3.05) is 10.6 Å². The molecule has 0 radical (unpaired) electrons. The topological polar surface area (TPSA) is 106 Å². The van der Waals surface area contributed by atoms with Crippen molar-refractivity contribution in [3.8, 4) is 0 Å². The number of nitrogens with one attached hydrogen (secondary N) is 2. The highest BCUT2D eigenvalue weighted by atomic mass is 16.6. The minimum absolute atomic E-state index is 0.0739. The van der Waals surface area contributed by atoms with Crippen LogP contribution in [0.4, 0.5) is 28.8 Å². The summed E-state index contributed by atoms with van der Waals surface area (Å²) in [6, 6.07) is 12.7. The van der Waals surface area contributed by atoms with Crippen molar-refractivity contribution < 1.29 is 4.92 Å². The van der Waals surface area contributed by atoms with Crippen LogP contribution < -0.4 is 10.6 Å². The van der Waals surface area contributed by atoms with E-state index in [4.69, 9.17) is 0 Å². The van der Waals surface area contributed by atoms with Crippen LogP contribution in [0, 0.1) is 17.0 Å². The molecule has 0 unspecified atom stereocenters. The number of hydrogen-bond donors (Lipinski definition) is 2. The molecule has 2 N–H and O–H groups in total. The molecule has 3 rings (SSSR count). The van der Waals surface area contributed by atoms with Gasteiger partial charge in [-0.05, 0) is 30.7 Å². The maximum absolute atomic E-state index is 11.5. The number of aromatic nitrogens is 3. The second-order valence-electron chi connectivity index (χ2n) is 5.01. The molecule has 0 bridgehead atoms. The van der Waals surface area contributed by atoms with Gasteiger partial charge in [-0.1, -0.05) is 24.3 Å². The summed E-state index contributed by atoms with van der Waals surface area (Å²) in [6.07, 6.45) is 2.92. The number of para-hydroxylation sites is 1. The van der Waals surface area contributed by atoms with Crippen molar-refractivity contribution in [1.29, 1.82) is 0 Å². The average molecular weight is 322 g/mol. The summed E-state index contributed by atoms with van der Waals surface area (Å²) in [5, 5.41) is 17.3. The van der Waals surface area contributed by atoms with Crippen LogP contribution >= 0.6 is 0 Å². The fraction of sp³-hybridized carbons (Fsp3) is 0.0625. The summed E-state index contributed by atoms with van der Waals surface area (Å²) in [7, 11) is 0. The highest BCUT2D eigenvalue weighted by molar-refractivity contribution is 5.76. The number of anilines is 4. The lowest BCUT2D eigenvalue weighted by molar-refractivity contribution is -0.383. The van der Waals surface area contributed by atoms with Crippen molar-refractivity contribution in [2.24, 2.45) is 0 Å². The van der Waals surface area contributed by atoms with Gasteiger partial charge < -0.3 is 10.6 Å². The maximum Gasteiger partial charge on any atom is 0.353 e. The van der Waals surface area contributed by atoms with E-state index in [1.54, 1.807) is 24.4 Å². The monoisotopic (exact) mass is 322 g/mol. The quantitative estimate of drug-likeness (QED) is 0.546. The average Bonchev–Trinajstić information content (AvgIpc) is 2.58. The molecule has 0 atom stereocenters. The van der Waals surface area contributed by atoms with Crippen molar-refractivity contribution in [3.63, 3.8) is 0 Å². The molecule has 0 aliphatic carbocycles. The Morgan fingerprint density at radius 3 is 2.29 bits per heavy atom. The molecule has 120 valence electrons. The van der Waals surface area contributed by atoms with E-state index in [1.165, 1.54) is 6.33 Å². The van der Waals surface area contributed by atoms with Gasteiger partial charge in [0.15, 0.2) is 0 Å². The molecule has 8 nitrogen and oxygen atoms in total. The molecule has 0 spiro atoms. The summed E-state index contributed by atoms with van der Waals surface area (Å²) in [5.74, 6) is 0.647. The molecule has 2 aromatic heterocycles.